The summed E-state index contributed by atoms with van der Waals surface area (Å²) < 4.78 is 14.2. The first-order chi connectivity index (χ1) is 7.47. The number of hydrogen-bond donors (Lipinski definition) is 2. The van der Waals surface area contributed by atoms with Gasteiger partial charge in [-0.3, -0.25) is 4.79 Å². The molecular weight excluding hydrogens is 227 g/mol. The van der Waals surface area contributed by atoms with Crippen LogP contribution in [0.25, 0.3) is 0 Å². The molecule has 1 aliphatic carbocycles. The van der Waals surface area contributed by atoms with Gasteiger partial charge in [-0.15, -0.1) is 11.3 Å². The molecule has 5 heteroatoms. The van der Waals surface area contributed by atoms with Crippen LogP contribution in [0.2, 0.25) is 0 Å². The average molecular weight is 242 g/mol. The topological polar surface area (TPSA) is 69.1 Å². The van der Waals surface area contributed by atoms with E-state index >= 15 is 0 Å². The molecule has 0 aromatic carbocycles. The predicted octanol–water partition coefficient (Wildman–Crippen LogP) is 2.04. The molecule has 1 unspecified atom stereocenters. The molecule has 0 fully saturated rings. The first kappa shape index (κ1) is 11.4. The van der Waals surface area contributed by atoms with Crippen molar-refractivity contribution in [3.05, 3.63) is 16.0 Å². The molecule has 1 heterocycles. The number of thiophene rings is 1. The van der Waals surface area contributed by atoms with E-state index in [0.29, 0.717) is 36.2 Å². The summed E-state index contributed by atoms with van der Waals surface area (Å²) in [5.41, 5.74) is 11.2. The summed E-state index contributed by atoms with van der Waals surface area (Å²) in [6.07, 6.45) is 1.87. The molecule has 1 amide bonds. The fraction of sp³-hybridized carbons (Fsp3) is 0.545. The van der Waals surface area contributed by atoms with E-state index in [1.165, 1.54) is 11.3 Å². The van der Waals surface area contributed by atoms with Gasteiger partial charge >= 0.3 is 0 Å². The Kier molecular flexibility index (Phi) is 2.66. The third-order valence-electron chi connectivity index (χ3n) is 3.30. The molecule has 0 radical (unpaired) electrons. The maximum absolute atomic E-state index is 14.2. The number of fused-ring (bicyclic) bond motifs is 1. The zero-order valence-corrected chi connectivity index (χ0v) is 9.99. The predicted molar refractivity (Wildman–Crippen MR) is 63.4 cm³/mol. The van der Waals surface area contributed by atoms with Crippen LogP contribution in [0.3, 0.4) is 0 Å². The molecule has 0 bridgehead atoms. The Hall–Kier alpha value is -1.10. The number of carbonyl (C=O) groups excluding carboxylic acids is 1. The normalized spacial score (nSPS) is 24.1. The van der Waals surface area contributed by atoms with Gasteiger partial charge in [0.25, 0.3) is 5.91 Å². The minimum absolute atomic E-state index is 0.362. The second-order valence-electron chi connectivity index (χ2n) is 4.29. The number of primary amides is 1. The summed E-state index contributed by atoms with van der Waals surface area (Å²) in [6.45, 7) is 1.84. The van der Waals surface area contributed by atoms with Crippen LogP contribution in [0, 0.1) is 0 Å². The number of hydrogen-bond acceptors (Lipinski definition) is 3. The van der Waals surface area contributed by atoms with E-state index in [9.17, 15) is 9.18 Å². The summed E-state index contributed by atoms with van der Waals surface area (Å²) in [4.78, 5) is 12.1. The quantitative estimate of drug-likeness (QED) is 0.833. The monoisotopic (exact) mass is 242 g/mol. The van der Waals surface area contributed by atoms with Gasteiger partial charge in [0.15, 0.2) is 0 Å². The van der Waals surface area contributed by atoms with Gasteiger partial charge in [0.1, 0.15) is 5.67 Å². The lowest BCUT2D eigenvalue weighted by molar-refractivity contribution is 0.0997. The highest BCUT2D eigenvalue weighted by molar-refractivity contribution is 7.16. The molecule has 1 aliphatic rings. The van der Waals surface area contributed by atoms with E-state index in [2.05, 4.69) is 0 Å². The van der Waals surface area contributed by atoms with Crippen LogP contribution in [0.5, 0.6) is 0 Å². The zero-order chi connectivity index (χ0) is 11.9. The first-order valence-electron chi connectivity index (χ1n) is 5.35. The second kappa shape index (κ2) is 3.73. The van der Waals surface area contributed by atoms with Crippen LogP contribution in [0.4, 0.5) is 9.39 Å². The number of alkyl halides is 1. The maximum Gasteiger partial charge on any atom is 0.251 e. The summed E-state index contributed by atoms with van der Waals surface area (Å²) in [5.74, 6) is -0.502. The SMILES string of the molecule is CCC1(F)CCc2c(sc(N)c2C(N)=O)C1. The van der Waals surface area contributed by atoms with E-state index in [1.807, 2.05) is 6.92 Å². The lowest BCUT2D eigenvalue weighted by atomic mass is 9.83. The molecule has 88 valence electrons. The minimum atomic E-state index is -1.14. The molecule has 16 heavy (non-hydrogen) atoms. The summed E-state index contributed by atoms with van der Waals surface area (Å²) >= 11 is 1.30. The summed E-state index contributed by atoms with van der Waals surface area (Å²) in [7, 11) is 0. The number of nitrogens with two attached hydrogens (primary N) is 2. The van der Waals surface area contributed by atoms with Crippen molar-refractivity contribution in [2.24, 2.45) is 5.73 Å². The molecular formula is C11H15FN2OS. The maximum atomic E-state index is 14.2. The molecule has 1 aromatic rings. The third kappa shape index (κ3) is 1.69. The largest absolute Gasteiger partial charge is 0.390 e. The summed E-state index contributed by atoms with van der Waals surface area (Å²) in [6, 6.07) is 0. The van der Waals surface area contributed by atoms with E-state index in [0.717, 1.165) is 10.4 Å². The molecule has 2 rings (SSSR count). The highest BCUT2D eigenvalue weighted by Crippen LogP contribution is 2.41. The standard InChI is InChI=1S/C11H15FN2OS/c1-2-11(12)4-3-6-7(5-11)16-10(14)8(6)9(13)15/h2-5,14H2,1H3,(H2,13,15). The van der Waals surface area contributed by atoms with Gasteiger partial charge in [0.2, 0.25) is 0 Å². The molecule has 0 saturated carbocycles. The minimum Gasteiger partial charge on any atom is -0.390 e. The molecule has 0 aliphatic heterocycles. The van der Waals surface area contributed by atoms with Crippen LogP contribution in [-0.2, 0) is 12.8 Å². The first-order valence-corrected chi connectivity index (χ1v) is 6.17. The van der Waals surface area contributed by atoms with Gasteiger partial charge in [-0.2, -0.15) is 0 Å². The van der Waals surface area contributed by atoms with Gasteiger partial charge in [-0.25, -0.2) is 4.39 Å². The van der Waals surface area contributed by atoms with Crippen molar-refractivity contribution in [1.29, 1.82) is 0 Å². The van der Waals surface area contributed by atoms with E-state index < -0.39 is 11.6 Å². The van der Waals surface area contributed by atoms with Crippen molar-refractivity contribution >= 4 is 22.2 Å². The molecule has 0 spiro atoms. The van der Waals surface area contributed by atoms with Gasteiger partial charge in [-0.1, -0.05) is 6.92 Å². The highest BCUT2D eigenvalue weighted by Gasteiger charge is 2.36. The van der Waals surface area contributed by atoms with Crippen molar-refractivity contribution in [3.8, 4) is 0 Å². The zero-order valence-electron chi connectivity index (χ0n) is 9.18. The fourth-order valence-electron chi connectivity index (χ4n) is 2.24. The van der Waals surface area contributed by atoms with E-state index in [1.54, 1.807) is 0 Å². The number of amides is 1. The van der Waals surface area contributed by atoms with Crippen molar-refractivity contribution < 1.29 is 9.18 Å². The third-order valence-corrected chi connectivity index (χ3v) is 4.36. The van der Waals surface area contributed by atoms with E-state index in [4.69, 9.17) is 11.5 Å². The van der Waals surface area contributed by atoms with Crippen molar-refractivity contribution in [1.82, 2.24) is 0 Å². The van der Waals surface area contributed by atoms with Gasteiger partial charge < -0.3 is 11.5 Å². The number of anilines is 1. The molecule has 0 saturated heterocycles. The Balaban J connectivity index is 2.43. The number of rotatable bonds is 2. The van der Waals surface area contributed by atoms with Crippen molar-refractivity contribution in [3.63, 3.8) is 0 Å². The van der Waals surface area contributed by atoms with Crippen LogP contribution in [0.15, 0.2) is 0 Å². The number of halogens is 1. The van der Waals surface area contributed by atoms with Gasteiger partial charge in [0, 0.05) is 11.3 Å². The number of nitrogen functional groups attached to an aromatic ring is 1. The highest BCUT2D eigenvalue weighted by atomic mass is 32.1. The van der Waals surface area contributed by atoms with Crippen LogP contribution in [-0.4, -0.2) is 11.6 Å². The lowest BCUT2D eigenvalue weighted by Crippen LogP contribution is -2.30. The second-order valence-corrected chi connectivity index (χ2v) is 5.43. The molecule has 1 aromatic heterocycles. The Morgan fingerprint density at radius 1 is 1.62 bits per heavy atom. The van der Waals surface area contributed by atoms with Crippen molar-refractivity contribution in [2.75, 3.05) is 5.73 Å². The Labute approximate surface area is 97.6 Å². The lowest BCUT2D eigenvalue weighted by Gasteiger charge is -2.28. The molecule has 1 atom stereocenters. The Morgan fingerprint density at radius 2 is 2.31 bits per heavy atom. The smallest absolute Gasteiger partial charge is 0.251 e. The number of carbonyl (C=O) groups is 1. The van der Waals surface area contributed by atoms with Crippen molar-refractivity contribution in [2.45, 2.75) is 38.3 Å². The van der Waals surface area contributed by atoms with Gasteiger partial charge in [-0.05, 0) is 24.8 Å². The van der Waals surface area contributed by atoms with E-state index in [-0.39, 0.29) is 0 Å². The van der Waals surface area contributed by atoms with Gasteiger partial charge in [0.05, 0.1) is 10.6 Å². The Morgan fingerprint density at radius 3 is 2.88 bits per heavy atom. The fourth-order valence-corrected chi connectivity index (χ4v) is 3.49. The summed E-state index contributed by atoms with van der Waals surface area (Å²) in [5, 5.41) is 0.429. The average Bonchev–Trinajstić information content (AvgIpc) is 2.53. The Bertz CT molecular complexity index is 443. The van der Waals surface area contributed by atoms with Crippen LogP contribution >= 0.6 is 11.3 Å². The molecule has 4 N–H and O–H groups in total. The molecule has 3 nitrogen and oxygen atoms in total. The van der Waals surface area contributed by atoms with Crippen LogP contribution in [0.1, 0.15) is 40.6 Å². The van der Waals surface area contributed by atoms with Crippen LogP contribution < -0.4 is 11.5 Å².